The zero-order valence-corrected chi connectivity index (χ0v) is 21.0. The zero-order chi connectivity index (χ0) is 26.0. The summed E-state index contributed by atoms with van der Waals surface area (Å²) in [5.74, 6) is 0.486. The van der Waals surface area contributed by atoms with Gasteiger partial charge in [-0.3, -0.25) is 9.59 Å². The van der Waals surface area contributed by atoms with Crippen LogP contribution in [0.3, 0.4) is 0 Å². The summed E-state index contributed by atoms with van der Waals surface area (Å²) in [7, 11) is 1.57. The standard InChI is InChI=1S/C29H26ClN3O4/c1-36-27-16-20(12-13-26(27)37-19-22-8-4-7-21-6-2-3-11-25(21)22)18-31-33-29(35)15-14-28(34)32-24-10-5-9-23(30)17-24/h2-13,16-18H,14-15,19H2,1H3,(H,32,34)(H,33,35). The van der Waals surface area contributed by atoms with E-state index in [1.165, 1.54) is 6.21 Å². The third kappa shape index (κ3) is 7.32. The molecule has 0 radical (unpaired) electrons. The monoisotopic (exact) mass is 515 g/mol. The number of nitrogens with zero attached hydrogens (tertiary/aromatic N) is 1. The van der Waals surface area contributed by atoms with Crippen LogP contribution < -0.4 is 20.2 Å². The lowest BCUT2D eigenvalue weighted by Crippen LogP contribution is -2.20. The smallest absolute Gasteiger partial charge is 0.240 e. The van der Waals surface area contributed by atoms with Crippen LogP contribution >= 0.6 is 11.6 Å². The maximum Gasteiger partial charge on any atom is 0.240 e. The van der Waals surface area contributed by atoms with E-state index in [0.717, 1.165) is 16.3 Å². The van der Waals surface area contributed by atoms with Gasteiger partial charge in [-0.2, -0.15) is 5.10 Å². The molecule has 4 aromatic rings. The number of halogens is 1. The number of rotatable bonds is 10. The molecule has 8 heteroatoms. The van der Waals surface area contributed by atoms with Gasteiger partial charge in [-0.1, -0.05) is 60.1 Å². The molecular formula is C29H26ClN3O4. The number of amides is 2. The lowest BCUT2D eigenvalue weighted by Gasteiger charge is -2.12. The summed E-state index contributed by atoms with van der Waals surface area (Å²) in [5, 5.41) is 9.50. The van der Waals surface area contributed by atoms with Gasteiger partial charge in [0.25, 0.3) is 0 Å². The summed E-state index contributed by atoms with van der Waals surface area (Å²) in [6, 6.07) is 26.5. The van der Waals surface area contributed by atoms with Gasteiger partial charge >= 0.3 is 0 Å². The quantitative estimate of drug-likeness (QED) is 0.202. The molecule has 4 aromatic carbocycles. The fourth-order valence-electron chi connectivity index (χ4n) is 3.71. The molecule has 0 saturated heterocycles. The minimum atomic E-state index is -0.375. The Hall–Kier alpha value is -4.36. The highest BCUT2D eigenvalue weighted by molar-refractivity contribution is 6.30. The molecule has 0 aliphatic carbocycles. The van der Waals surface area contributed by atoms with Crippen LogP contribution in [0.4, 0.5) is 5.69 Å². The van der Waals surface area contributed by atoms with Crippen molar-refractivity contribution < 1.29 is 19.1 Å². The van der Waals surface area contributed by atoms with Crippen molar-refractivity contribution in [3.05, 3.63) is 101 Å². The number of fused-ring (bicyclic) bond motifs is 1. The van der Waals surface area contributed by atoms with Gasteiger partial charge in [-0.05, 0) is 58.3 Å². The number of methoxy groups -OCH3 is 1. The Morgan fingerprint density at radius 2 is 1.68 bits per heavy atom. The number of ether oxygens (including phenoxy) is 2. The molecule has 0 aliphatic heterocycles. The minimum Gasteiger partial charge on any atom is -0.493 e. The van der Waals surface area contributed by atoms with Gasteiger partial charge in [0, 0.05) is 23.6 Å². The van der Waals surface area contributed by atoms with Crippen molar-refractivity contribution in [2.45, 2.75) is 19.4 Å². The highest BCUT2D eigenvalue weighted by atomic mass is 35.5. The van der Waals surface area contributed by atoms with Gasteiger partial charge in [0.15, 0.2) is 11.5 Å². The van der Waals surface area contributed by atoms with Crippen LogP contribution in [0.2, 0.25) is 5.02 Å². The third-order valence-electron chi connectivity index (χ3n) is 5.54. The molecule has 0 fully saturated rings. The van der Waals surface area contributed by atoms with E-state index in [9.17, 15) is 9.59 Å². The zero-order valence-electron chi connectivity index (χ0n) is 20.2. The molecule has 0 bridgehead atoms. The first-order valence-corrected chi connectivity index (χ1v) is 12.0. The Bertz CT molecular complexity index is 1430. The second-order valence-corrected chi connectivity index (χ2v) is 8.63. The summed E-state index contributed by atoms with van der Waals surface area (Å²) < 4.78 is 11.5. The van der Waals surface area contributed by atoms with Crippen LogP contribution in [0.25, 0.3) is 10.8 Å². The topological polar surface area (TPSA) is 89.0 Å². The van der Waals surface area contributed by atoms with Crippen LogP contribution in [0.1, 0.15) is 24.0 Å². The SMILES string of the molecule is COc1cc(C=NNC(=O)CCC(=O)Nc2cccc(Cl)c2)ccc1OCc1cccc2ccccc12. The molecule has 7 nitrogen and oxygen atoms in total. The summed E-state index contributed by atoms with van der Waals surface area (Å²) in [4.78, 5) is 24.1. The molecule has 2 N–H and O–H groups in total. The van der Waals surface area contributed by atoms with Crippen molar-refractivity contribution in [1.82, 2.24) is 5.43 Å². The van der Waals surface area contributed by atoms with Gasteiger partial charge < -0.3 is 14.8 Å². The molecule has 0 saturated carbocycles. The number of benzene rings is 4. The molecule has 188 valence electrons. The lowest BCUT2D eigenvalue weighted by atomic mass is 10.1. The molecule has 4 rings (SSSR count). The Balaban J connectivity index is 1.28. The van der Waals surface area contributed by atoms with Gasteiger partial charge in [-0.15, -0.1) is 0 Å². The van der Waals surface area contributed by atoms with Gasteiger partial charge in [0.05, 0.1) is 13.3 Å². The summed E-state index contributed by atoms with van der Waals surface area (Å²) in [6.07, 6.45) is 1.51. The average Bonchev–Trinajstić information content (AvgIpc) is 2.91. The van der Waals surface area contributed by atoms with Crippen LogP contribution in [0, 0.1) is 0 Å². The highest BCUT2D eigenvalue weighted by Gasteiger charge is 2.09. The fraction of sp³-hybridized carbons (Fsp3) is 0.138. The van der Waals surface area contributed by atoms with E-state index in [-0.39, 0.29) is 24.7 Å². The predicted octanol–water partition coefficient (Wildman–Crippen LogP) is 5.95. The number of carbonyl (C=O) groups excluding carboxylic acids is 2. The molecule has 0 aromatic heterocycles. The average molecular weight is 516 g/mol. The predicted molar refractivity (Wildman–Crippen MR) is 146 cm³/mol. The Morgan fingerprint density at radius 1 is 0.892 bits per heavy atom. The van der Waals surface area contributed by atoms with Crippen molar-refractivity contribution in [1.29, 1.82) is 0 Å². The highest BCUT2D eigenvalue weighted by Crippen LogP contribution is 2.29. The summed E-state index contributed by atoms with van der Waals surface area (Å²) in [5.41, 5.74) is 4.81. The van der Waals surface area contributed by atoms with Crippen molar-refractivity contribution in [2.75, 3.05) is 12.4 Å². The van der Waals surface area contributed by atoms with Crippen molar-refractivity contribution >= 4 is 46.1 Å². The van der Waals surface area contributed by atoms with E-state index in [0.29, 0.717) is 34.4 Å². The Morgan fingerprint density at radius 3 is 2.51 bits per heavy atom. The van der Waals surface area contributed by atoms with Crippen LogP contribution in [-0.4, -0.2) is 25.1 Å². The normalized spacial score (nSPS) is 10.9. The molecule has 37 heavy (non-hydrogen) atoms. The number of hydrazone groups is 1. The van der Waals surface area contributed by atoms with Crippen molar-refractivity contribution in [3.8, 4) is 11.5 Å². The molecule has 0 atom stereocenters. The van der Waals surface area contributed by atoms with Gasteiger partial charge in [0.1, 0.15) is 6.61 Å². The minimum absolute atomic E-state index is 0.00595. The lowest BCUT2D eigenvalue weighted by molar-refractivity contribution is -0.124. The van der Waals surface area contributed by atoms with Crippen LogP contribution in [-0.2, 0) is 16.2 Å². The largest absolute Gasteiger partial charge is 0.493 e. The van der Waals surface area contributed by atoms with Gasteiger partial charge in [0.2, 0.25) is 11.8 Å². The van der Waals surface area contributed by atoms with E-state index in [1.54, 1.807) is 43.5 Å². The Labute approximate surface area is 220 Å². The van der Waals surface area contributed by atoms with E-state index >= 15 is 0 Å². The number of nitrogens with one attached hydrogen (secondary N) is 2. The fourth-order valence-corrected chi connectivity index (χ4v) is 3.90. The van der Waals surface area contributed by atoms with Gasteiger partial charge in [-0.25, -0.2) is 5.43 Å². The Kier molecular flexibility index (Phi) is 8.73. The molecular weight excluding hydrogens is 490 g/mol. The second-order valence-electron chi connectivity index (χ2n) is 8.19. The molecule has 2 amide bonds. The first kappa shape index (κ1) is 25.7. The second kappa shape index (κ2) is 12.6. The van der Waals surface area contributed by atoms with E-state index in [2.05, 4.69) is 34.0 Å². The molecule has 0 spiro atoms. The van der Waals surface area contributed by atoms with Crippen LogP contribution in [0.15, 0.2) is 90.0 Å². The first-order chi connectivity index (χ1) is 18.0. The summed E-state index contributed by atoms with van der Waals surface area (Å²) in [6.45, 7) is 0.395. The molecule has 0 aliphatic rings. The van der Waals surface area contributed by atoms with Crippen molar-refractivity contribution in [3.63, 3.8) is 0 Å². The molecule has 0 heterocycles. The number of anilines is 1. The number of hydrogen-bond acceptors (Lipinski definition) is 5. The number of hydrogen-bond donors (Lipinski definition) is 2. The van der Waals surface area contributed by atoms with Crippen molar-refractivity contribution in [2.24, 2.45) is 5.10 Å². The van der Waals surface area contributed by atoms with E-state index in [1.807, 2.05) is 30.3 Å². The number of carbonyl (C=O) groups is 2. The van der Waals surface area contributed by atoms with E-state index < -0.39 is 0 Å². The molecule has 0 unspecified atom stereocenters. The van der Waals surface area contributed by atoms with E-state index in [4.69, 9.17) is 21.1 Å². The maximum atomic E-state index is 12.1. The first-order valence-electron chi connectivity index (χ1n) is 11.7. The summed E-state index contributed by atoms with van der Waals surface area (Å²) >= 11 is 5.91. The maximum absolute atomic E-state index is 12.1. The third-order valence-corrected chi connectivity index (χ3v) is 5.78. The van der Waals surface area contributed by atoms with Crippen LogP contribution in [0.5, 0.6) is 11.5 Å².